The topological polar surface area (TPSA) is 9.23 Å². The standard InChI is InChI=1S/C10H12F2O/c1-2-6-13-7-8-4-3-5-9(11)10(8)12/h3-5H,2,6-7H2,1H3. The molecule has 1 nitrogen and oxygen atoms in total. The number of ether oxygens (including phenoxy) is 1. The monoisotopic (exact) mass is 186 g/mol. The first-order chi connectivity index (χ1) is 6.25. The molecule has 0 unspecified atom stereocenters. The molecule has 1 rings (SSSR count). The highest BCUT2D eigenvalue weighted by Gasteiger charge is 2.06. The normalized spacial score (nSPS) is 10.4. The summed E-state index contributed by atoms with van der Waals surface area (Å²) in [6.07, 6.45) is 0.872. The van der Waals surface area contributed by atoms with E-state index in [0.29, 0.717) is 6.61 Å². The highest BCUT2D eigenvalue weighted by Crippen LogP contribution is 2.12. The van der Waals surface area contributed by atoms with Crippen LogP contribution in [0.2, 0.25) is 0 Å². The molecule has 0 saturated heterocycles. The molecule has 0 atom stereocenters. The lowest BCUT2D eigenvalue weighted by atomic mass is 10.2. The number of hydrogen-bond donors (Lipinski definition) is 0. The minimum atomic E-state index is -0.822. The molecule has 0 amide bonds. The first-order valence-electron chi connectivity index (χ1n) is 4.26. The first-order valence-corrected chi connectivity index (χ1v) is 4.26. The molecule has 3 heteroatoms. The largest absolute Gasteiger partial charge is 0.377 e. The molecule has 0 bridgehead atoms. The molecule has 0 spiro atoms. The van der Waals surface area contributed by atoms with Crippen molar-refractivity contribution in [3.8, 4) is 0 Å². The van der Waals surface area contributed by atoms with Crippen molar-refractivity contribution < 1.29 is 13.5 Å². The fraction of sp³-hybridized carbons (Fsp3) is 0.400. The number of hydrogen-bond acceptors (Lipinski definition) is 1. The Morgan fingerprint density at radius 1 is 1.31 bits per heavy atom. The van der Waals surface area contributed by atoms with E-state index < -0.39 is 11.6 Å². The van der Waals surface area contributed by atoms with Crippen LogP contribution < -0.4 is 0 Å². The summed E-state index contributed by atoms with van der Waals surface area (Å²) < 4.78 is 30.7. The van der Waals surface area contributed by atoms with Crippen molar-refractivity contribution in [1.29, 1.82) is 0 Å². The van der Waals surface area contributed by atoms with E-state index in [1.807, 2.05) is 6.92 Å². The number of rotatable bonds is 4. The summed E-state index contributed by atoms with van der Waals surface area (Å²) in [5.41, 5.74) is 0.272. The van der Waals surface area contributed by atoms with Gasteiger partial charge in [-0.05, 0) is 12.5 Å². The predicted octanol–water partition coefficient (Wildman–Crippen LogP) is 2.89. The van der Waals surface area contributed by atoms with Crippen molar-refractivity contribution in [2.24, 2.45) is 0 Å². The Kier molecular flexibility index (Phi) is 3.83. The third-order valence-electron chi connectivity index (χ3n) is 1.64. The van der Waals surface area contributed by atoms with E-state index in [2.05, 4.69) is 0 Å². The molecular weight excluding hydrogens is 174 g/mol. The van der Waals surface area contributed by atoms with E-state index in [4.69, 9.17) is 4.74 Å². The summed E-state index contributed by atoms with van der Waals surface area (Å²) in [5.74, 6) is -1.63. The predicted molar refractivity (Wildman–Crippen MR) is 46.3 cm³/mol. The molecule has 1 aromatic rings. The average Bonchev–Trinajstić information content (AvgIpc) is 2.13. The second-order valence-electron chi connectivity index (χ2n) is 2.77. The first kappa shape index (κ1) is 10.1. The van der Waals surface area contributed by atoms with Gasteiger partial charge in [0.1, 0.15) is 0 Å². The number of halogens is 2. The molecule has 0 aromatic heterocycles. The van der Waals surface area contributed by atoms with E-state index >= 15 is 0 Å². The Morgan fingerprint density at radius 2 is 2.08 bits per heavy atom. The van der Waals surface area contributed by atoms with Gasteiger partial charge in [-0.25, -0.2) is 8.78 Å². The van der Waals surface area contributed by atoms with Gasteiger partial charge in [-0.15, -0.1) is 0 Å². The van der Waals surface area contributed by atoms with Gasteiger partial charge in [0.2, 0.25) is 0 Å². The second-order valence-corrected chi connectivity index (χ2v) is 2.77. The molecule has 0 aliphatic carbocycles. The summed E-state index contributed by atoms with van der Waals surface area (Å²) in [5, 5.41) is 0. The van der Waals surface area contributed by atoms with Crippen LogP contribution in [0, 0.1) is 11.6 Å². The Labute approximate surface area is 76.3 Å². The van der Waals surface area contributed by atoms with Gasteiger partial charge >= 0.3 is 0 Å². The van der Waals surface area contributed by atoms with Crippen LogP contribution in [0.25, 0.3) is 0 Å². The van der Waals surface area contributed by atoms with Crippen molar-refractivity contribution in [3.63, 3.8) is 0 Å². The maximum Gasteiger partial charge on any atom is 0.164 e. The maximum atomic E-state index is 13.0. The zero-order chi connectivity index (χ0) is 9.68. The van der Waals surface area contributed by atoms with E-state index in [9.17, 15) is 8.78 Å². The van der Waals surface area contributed by atoms with Crippen LogP contribution in [0.3, 0.4) is 0 Å². The molecule has 0 saturated carbocycles. The van der Waals surface area contributed by atoms with Crippen LogP contribution in [0.1, 0.15) is 18.9 Å². The third-order valence-corrected chi connectivity index (χ3v) is 1.64. The van der Waals surface area contributed by atoms with Gasteiger partial charge in [-0.2, -0.15) is 0 Å². The van der Waals surface area contributed by atoms with Crippen molar-refractivity contribution >= 4 is 0 Å². The van der Waals surface area contributed by atoms with Crippen LogP contribution in [0.5, 0.6) is 0 Å². The van der Waals surface area contributed by atoms with Gasteiger partial charge in [0.05, 0.1) is 6.61 Å². The second kappa shape index (κ2) is 4.92. The fourth-order valence-electron chi connectivity index (χ4n) is 0.986. The summed E-state index contributed by atoms with van der Waals surface area (Å²) in [7, 11) is 0. The molecule has 1 aromatic carbocycles. The van der Waals surface area contributed by atoms with Gasteiger partial charge in [0.25, 0.3) is 0 Å². The van der Waals surface area contributed by atoms with Gasteiger partial charge in [0, 0.05) is 12.2 Å². The van der Waals surface area contributed by atoms with Crippen LogP contribution in [-0.4, -0.2) is 6.61 Å². The van der Waals surface area contributed by atoms with Crippen molar-refractivity contribution in [3.05, 3.63) is 35.4 Å². The van der Waals surface area contributed by atoms with Crippen molar-refractivity contribution in [1.82, 2.24) is 0 Å². The Balaban J connectivity index is 2.61. The zero-order valence-corrected chi connectivity index (χ0v) is 7.52. The lowest BCUT2D eigenvalue weighted by molar-refractivity contribution is 0.118. The lowest BCUT2D eigenvalue weighted by Crippen LogP contribution is -1.98. The molecule has 13 heavy (non-hydrogen) atoms. The summed E-state index contributed by atoms with van der Waals surface area (Å²) >= 11 is 0. The van der Waals surface area contributed by atoms with Crippen LogP contribution in [-0.2, 0) is 11.3 Å². The minimum absolute atomic E-state index is 0.136. The van der Waals surface area contributed by atoms with E-state index in [0.717, 1.165) is 12.5 Å². The summed E-state index contributed by atoms with van der Waals surface area (Å²) in [6.45, 7) is 2.66. The minimum Gasteiger partial charge on any atom is -0.377 e. The Bertz CT molecular complexity index is 274. The summed E-state index contributed by atoms with van der Waals surface area (Å²) in [4.78, 5) is 0. The molecule has 0 aliphatic heterocycles. The zero-order valence-electron chi connectivity index (χ0n) is 7.52. The SMILES string of the molecule is CCCOCc1cccc(F)c1F. The fourth-order valence-corrected chi connectivity index (χ4v) is 0.986. The van der Waals surface area contributed by atoms with Crippen molar-refractivity contribution in [2.45, 2.75) is 20.0 Å². The molecule has 0 heterocycles. The molecule has 0 fully saturated rings. The lowest BCUT2D eigenvalue weighted by Gasteiger charge is -2.04. The molecule has 0 radical (unpaired) electrons. The molecular formula is C10H12F2O. The van der Waals surface area contributed by atoms with E-state index in [1.165, 1.54) is 12.1 Å². The highest BCUT2D eigenvalue weighted by atomic mass is 19.2. The molecule has 72 valence electrons. The van der Waals surface area contributed by atoms with E-state index in [-0.39, 0.29) is 12.2 Å². The Morgan fingerprint density at radius 3 is 2.77 bits per heavy atom. The number of benzene rings is 1. The van der Waals surface area contributed by atoms with E-state index in [1.54, 1.807) is 0 Å². The quantitative estimate of drug-likeness (QED) is 0.657. The van der Waals surface area contributed by atoms with Crippen LogP contribution in [0.4, 0.5) is 8.78 Å². The molecule has 0 aliphatic rings. The van der Waals surface area contributed by atoms with Gasteiger partial charge in [0.15, 0.2) is 11.6 Å². The van der Waals surface area contributed by atoms with Crippen LogP contribution in [0.15, 0.2) is 18.2 Å². The van der Waals surface area contributed by atoms with Gasteiger partial charge < -0.3 is 4.74 Å². The third kappa shape index (κ3) is 2.77. The van der Waals surface area contributed by atoms with Crippen molar-refractivity contribution in [2.75, 3.05) is 6.61 Å². The Hall–Kier alpha value is -0.960. The average molecular weight is 186 g/mol. The maximum absolute atomic E-state index is 13.0. The van der Waals surface area contributed by atoms with Crippen LogP contribution >= 0.6 is 0 Å². The summed E-state index contributed by atoms with van der Waals surface area (Å²) in [6, 6.07) is 4.09. The molecule has 0 N–H and O–H groups in total. The highest BCUT2D eigenvalue weighted by molar-refractivity contribution is 5.17. The van der Waals surface area contributed by atoms with Gasteiger partial charge in [-0.3, -0.25) is 0 Å². The smallest absolute Gasteiger partial charge is 0.164 e. The van der Waals surface area contributed by atoms with Gasteiger partial charge in [-0.1, -0.05) is 19.1 Å².